The van der Waals surface area contributed by atoms with Crippen LogP contribution in [0, 0.1) is 0 Å². The van der Waals surface area contributed by atoms with Crippen molar-refractivity contribution in [2.45, 2.75) is 51.1 Å². The molecule has 1 aliphatic heterocycles. The lowest BCUT2D eigenvalue weighted by molar-refractivity contribution is -0.135. The number of hydrogen-bond acceptors (Lipinski definition) is 3. The van der Waals surface area contributed by atoms with Gasteiger partial charge in [0.05, 0.1) is 6.04 Å². The average molecular weight is 456 g/mol. The summed E-state index contributed by atoms with van der Waals surface area (Å²) in [4.78, 5) is 40.0. The van der Waals surface area contributed by atoms with Gasteiger partial charge in [-0.15, -0.1) is 0 Å². The highest BCUT2D eigenvalue weighted by Crippen LogP contribution is 2.34. The SMILES string of the molecule is CC(NC(=O)CN1C(=O)NC(C)(c2cccc3ccccc23)C1=O)c1ccc2c(c1)CCCC2. The molecule has 2 unspecified atom stereocenters. The molecular weight excluding hydrogens is 426 g/mol. The second-order valence-electron chi connectivity index (χ2n) is 9.50. The second kappa shape index (κ2) is 8.60. The van der Waals surface area contributed by atoms with Gasteiger partial charge in [-0.1, -0.05) is 60.7 Å². The van der Waals surface area contributed by atoms with Crippen molar-refractivity contribution in [2.75, 3.05) is 6.54 Å². The molecule has 3 aromatic rings. The van der Waals surface area contributed by atoms with E-state index in [0.717, 1.165) is 34.1 Å². The molecule has 174 valence electrons. The van der Waals surface area contributed by atoms with Crippen molar-refractivity contribution in [2.24, 2.45) is 0 Å². The first-order chi connectivity index (χ1) is 16.4. The van der Waals surface area contributed by atoms with Crippen molar-refractivity contribution in [1.29, 1.82) is 0 Å². The quantitative estimate of drug-likeness (QED) is 0.561. The zero-order valence-corrected chi connectivity index (χ0v) is 19.6. The molecule has 1 aliphatic carbocycles. The molecule has 0 aromatic heterocycles. The van der Waals surface area contributed by atoms with E-state index in [1.54, 1.807) is 6.92 Å². The molecule has 6 heteroatoms. The maximum Gasteiger partial charge on any atom is 0.325 e. The van der Waals surface area contributed by atoms with Crippen LogP contribution in [0.1, 0.15) is 55.0 Å². The Morgan fingerprint density at radius 2 is 1.76 bits per heavy atom. The monoisotopic (exact) mass is 455 g/mol. The molecule has 2 aliphatic rings. The fourth-order valence-electron chi connectivity index (χ4n) is 5.22. The Balaban J connectivity index is 1.31. The Kier molecular flexibility index (Phi) is 5.60. The topological polar surface area (TPSA) is 78.5 Å². The highest BCUT2D eigenvalue weighted by molar-refractivity contribution is 6.10. The lowest BCUT2D eigenvalue weighted by Crippen LogP contribution is -2.43. The lowest BCUT2D eigenvalue weighted by atomic mass is 9.88. The predicted molar refractivity (Wildman–Crippen MR) is 131 cm³/mol. The summed E-state index contributed by atoms with van der Waals surface area (Å²) >= 11 is 0. The molecule has 0 radical (unpaired) electrons. The number of nitrogens with zero attached hydrogens (tertiary/aromatic N) is 1. The van der Waals surface area contributed by atoms with E-state index in [0.29, 0.717) is 5.56 Å². The summed E-state index contributed by atoms with van der Waals surface area (Å²) in [6.45, 7) is 3.30. The number of amides is 4. The number of carbonyl (C=O) groups is 3. The number of nitrogens with one attached hydrogen (secondary N) is 2. The first-order valence-electron chi connectivity index (χ1n) is 11.9. The molecule has 3 aromatic carbocycles. The van der Waals surface area contributed by atoms with Crippen LogP contribution in [-0.4, -0.2) is 29.3 Å². The number of benzene rings is 3. The number of aryl methyl sites for hydroxylation is 2. The summed E-state index contributed by atoms with van der Waals surface area (Å²) in [7, 11) is 0. The van der Waals surface area contributed by atoms with Gasteiger partial charge in [0.2, 0.25) is 5.91 Å². The standard InChI is InChI=1S/C28H29N3O3/c1-18(21-15-14-19-8-3-4-10-22(19)16-21)29-25(32)17-31-26(33)28(2,30-27(31)34)24-13-7-11-20-9-5-6-12-23(20)24/h5-7,9,11-16,18H,3-4,8,10,17H2,1-2H3,(H,29,32)(H,30,34). The Morgan fingerprint density at radius 1 is 1.03 bits per heavy atom. The van der Waals surface area contributed by atoms with E-state index in [4.69, 9.17) is 0 Å². The van der Waals surface area contributed by atoms with Gasteiger partial charge in [0.25, 0.3) is 5.91 Å². The van der Waals surface area contributed by atoms with Crippen molar-refractivity contribution in [3.05, 3.63) is 82.9 Å². The molecule has 2 N–H and O–H groups in total. The molecule has 6 nitrogen and oxygen atoms in total. The Morgan fingerprint density at radius 3 is 2.59 bits per heavy atom. The van der Waals surface area contributed by atoms with Gasteiger partial charge in [-0.2, -0.15) is 0 Å². The van der Waals surface area contributed by atoms with Gasteiger partial charge in [0.15, 0.2) is 0 Å². The highest BCUT2D eigenvalue weighted by atomic mass is 16.2. The van der Waals surface area contributed by atoms with Crippen LogP contribution in [0.4, 0.5) is 4.79 Å². The van der Waals surface area contributed by atoms with Crippen LogP contribution in [0.5, 0.6) is 0 Å². The normalized spacial score (nSPS) is 20.7. The van der Waals surface area contributed by atoms with Crippen molar-refractivity contribution < 1.29 is 14.4 Å². The molecule has 34 heavy (non-hydrogen) atoms. The summed E-state index contributed by atoms with van der Waals surface area (Å²) < 4.78 is 0. The summed E-state index contributed by atoms with van der Waals surface area (Å²) in [6, 6.07) is 19.0. The minimum Gasteiger partial charge on any atom is -0.348 e. The Labute approximate surface area is 199 Å². The van der Waals surface area contributed by atoms with Gasteiger partial charge in [-0.25, -0.2) is 4.79 Å². The van der Waals surface area contributed by atoms with Crippen LogP contribution in [0.15, 0.2) is 60.7 Å². The molecule has 4 amide bonds. The maximum absolute atomic E-state index is 13.4. The number of rotatable bonds is 5. The number of carbonyl (C=O) groups excluding carboxylic acids is 3. The van der Waals surface area contributed by atoms with Crippen molar-refractivity contribution in [1.82, 2.24) is 15.5 Å². The van der Waals surface area contributed by atoms with Crippen LogP contribution in [0.3, 0.4) is 0 Å². The average Bonchev–Trinajstić information content (AvgIpc) is 3.06. The van der Waals surface area contributed by atoms with Crippen molar-refractivity contribution in [3.63, 3.8) is 0 Å². The third-order valence-corrected chi connectivity index (χ3v) is 7.16. The fraction of sp³-hybridized carbons (Fsp3) is 0.321. The predicted octanol–water partition coefficient (Wildman–Crippen LogP) is 4.36. The van der Waals surface area contributed by atoms with Gasteiger partial charge < -0.3 is 10.6 Å². The molecule has 1 saturated heterocycles. The number of imide groups is 1. The summed E-state index contributed by atoms with van der Waals surface area (Å²) in [5.74, 6) is -0.790. The molecule has 2 atom stereocenters. The third kappa shape index (κ3) is 3.83. The molecule has 1 fully saturated rings. The summed E-state index contributed by atoms with van der Waals surface area (Å²) in [6.07, 6.45) is 4.60. The molecule has 0 saturated carbocycles. The summed E-state index contributed by atoms with van der Waals surface area (Å²) in [5.41, 5.74) is 3.26. The van der Waals surface area contributed by atoms with Crippen LogP contribution in [-0.2, 0) is 28.0 Å². The van der Waals surface area contributed by atoms with E-state index < -0.39 is 17.5 Å². The Bertz CT molecular complexity index is 1300. The molecular formula is C28H29N3O3. The molecule has 0 bridgehead atoms. The zero-order valence-electron chi connectivity index (χ0n) is 19.6. The van der Waals surface area contributed by atoms with Crippen LogP contribution >= 0.6 is 0 Å². The lowest BCUT2D eigenvalue weighted by Gasteiger charge is -2.24. The number of fused-ring (bicyclic) bond motifs is 2. The summed E-state index contributed by atoms with van der Waals surface area (Å²) in [5, 5.41) is 7.66. The number of urea groups is 1. The smallest absolute Gasteiger partial charge is 0.325 e. The van der Waals surface area contributed by atoms with Gasteiger partial charge in [-0.3, -0.25) is 14.5 Å². The van der Waals surface area contributed by atoms with E-state index in [1.165, 1.54) is 24.0 Å². The molecule has 5 rings (SSSR count). The maximum atomic E-state index is 13.4. The van der Waals surface area contributed by atoms with Crippen molar-refractivity contribution >= 4 is 28.6 Å². The zero-order chi connectivity index (χ0) is 23.9. The number of hydrogen-bond donors (Lipinski definition) is 2. The highest BCUT2D eigenvalue weighted by Gasteiger charge is 2.50. The fourth-order valence-corrected chi connectivity index (χ4v) is 5.22. The third-order valence-electron chi connectivity index (χ3n) is 7.16. The van der Waals surface area contributed by atoms with Crippen molar-refractivity contribution in [3.8, 4) is 0 Å². The van der Waals surface area contributed by atoms with Crippen LogP contribution in [0.25, 0.3) is 10.8 Å². The van der Waals surface area contributed by atoms with Gasteiger partial charge >= 0.3 is 6.03 Å². The van der Waals surface area contributed by atoms with E-state index in [1.807, 2.05) is 49.4 Å². The first kappa shape index (κ1) is 22.1. The van der Waals surface area contributed by atoms with E-state index >= 15 is 0 Å². The minimum atomic E-state index is -1.23. The van der Waals surface area contributed by atoms with Gasteiger partial charge in [-0.05, 0) is 72.6 Å². The van der Waals surface area contributed by atoms with E-state index in [9.17, 15) is 14.4 Å². The largest absolute Gasteiger partial charge is 0.348 e. The van der Waals surface area contributed by atoms with Crippen LogP contribution in [0.2, 0.25) is 0 Å². The second-order valence-corrected chi connectivity index (χ2v) is 9.50. The van der Waals surface area contributed by atoms with Gasteiger partial charge in [0.1, 0.15) is 12.1 Å². The van der Waals surface area contributed by atoms with Crippen LogP contribution < -0.4 is 10.6 Å². The van der Waals surface area contributed by atoms with Gasteiger partial charge in [0, 0.05) is 0 Å². The molecule has 1 heterocycles. The molecule has 0 spiro atoms. The minimum absolute atomic E-state index is 0.218. The van der Waals surface area contributed by atoms with E-state index in [-0.39, 0.29) is 18.5 Å². The van der Waals surface area contributed by atoms with E-state index in [2.05, 4.69) is 28.8 Å². The first-order valence-corrected chi connectivity index (χ1v) is 11.9. The Hall–Kier alpha value is -3.67.